The summed E-state index contributed by atoms with van der Waals surface area (Å²) in [6.07, 6.45) is 1.03. The fraction of sp³-hybridized carbons (Fsp3) is 0.286. The van der Waals surface area contributed by atoms with Crippen molar-refractivity contribution in [1.82, 2.24) is 10.2 Å². The highest BCUT2D eigenvalue weighted by Crippen LogP contribution is 2.32. The van der Waals surface area contributed by atoms with Gasteiger partial charge in [-0.1, -0.05) is 73.3 Å². The Morgan fingerprint density at radius 3 is 2.54 bits per heavy atom. The summed E-state index contributed by atoms with van der Waals surface area (Å²) in [7, 11) is 0. The van der Waals surface area contributed by atoms with Crippen molar-refractivity contribution < 1.29 is 4.79 Å². The molecule has 2 aromatic carbocycles. The third kappa shape index (κ3) is 5.33. The summed E-state index contributed by atoms with van der Waals surface area (Å²) in [4.78, 5) is 12.7. The van der Waals surface area contributed by atoms with E-state index < -0.39 is 0 Å². The molecule has 2 N–H and O–H groups in total. The van der Waals surface area contributed by atoms with Crippen molar-refractivity contribution in [3.8, 4) is 0 Å². The second-order valence-electron chi connectivity index (χ2n) is 6.51. The number of carbonyl (C=O) groups excluding carboxylic acids is 1. The lowest BCUT2D eigenvalue weighted by atomic mass is 9.97. The van der Waals surface area contributed by atoms with Crippen LogP contribution in [0.5, 0.6) is 0 Å². The average Bonchev–Trinajstić information content (AvgIpc) is 3.15. The molecule has 2 unspecified atom stereocenters. The maximum atomic E-state index is 12.7. The van der Waals surface area contributed by atoms with Gasteiger partial charge in [0.15, 0.2) is 4.34 Å². The molecular weight excluding hydrogens is 388 g/mol. The van der Waals surface area contributed by atoms with Gasteiger partial charge < -0.3 is 10.6 Å². The molecule has 3 aromatic rings. The average molecular weight is 413 g/mol. The van der Waals surface area contributed by atoms with E-state index in [1.54, 1.807) is 0 Å². The first kappa shape index (κ1) is 20.4. The first-order chi connectivity index (χ1) is 13.6. The molecule has 1 amide bonds. The first-order valence-electron chi connectivity index (χ1n) is 9.28. The summed E-state index contributed by atoms with van der Waals surface area (Å²) in [5.74, 6) is 0.364. The van der Waals surface area contributed by atoms with Crippen molar-refractivity contribution in [2.45, 2.75) is 42.7 Å². The lowest BCUT2D eigenvalue weighted by molar-refractivity contribution is -0.115. The van der Waals surface area contributed by atoms with Crippen LogP contribution in [0, 0.1) is 0 Å². The molecule has 0 fully saturated rings. The molecule has 0 aliphatic rings. The van der Waals surface area contributed by atoms with Crippen molar-refractivity contribution in [2.75, 3.05) is 10.6 Å². The van der Waals surface area contributed by atoms with E-state index in [2.05, 4.69) is 40.7 Å². The summed E-state index contributed by atoms with van der Waals surface area (Å²) >= 11 is 2.86. The number of nitrogens with one attached hydrogen (secondary N) is 2. The van der Waals surface area contributed by atoms with E-state index in [9.17, 15) is 4.79 Å². The van der Waals surface area contributed by atoms with Crippen molar-refractivity contribution in [3.05, 3.63) is 60.2 Å². The van der Waals surface area contributed by atoms with Gasteiger partial charge in [0.25, 0.3) is 0 Å². The van der Waals surface area contributed by atoms with Gasteiger partial charge in [-0.05, 0) is 43.0 Å². The van der Waals surface area contributed by atoms with Crippen molar-refractivity contribution in [3.63, 3.8) is 0 Å². The number of amides is 1. The minimum absolute atomic E-state index is 0.0338. The van der Waals surface area contributed by atoms with E-state index in [0.717, 1.165) is 22.1 Å². The topological polar surface area (TPSA) is 66.9 Å². The van der Waals surface area contributed by atoms with Gasteiger partial charge in [-0.15, -0.1) is 10.2 Å². The minimum Gasteiger partial charge on any atom is -0.330 e. The van der Waals surface area contributed by atoms with Crippen LogP contribution >= 0.6 is 23.1 Å². The second-order valence-corrected chi connectivity index (χ2v) is 9.08. The van der Waals surface area contributed by atoms with Crippen LogP contribution in [0.25, 0.3) is 0 Å². The summed E-state index contributed by atoms with van der Waals surface area (Å²) in [6.45, 7) is 6.21. The van der Waals surface area contributed by atoms with Gasteiger partial charge in [0.1, 0.15) is 0 Å². The zero-order valence-corrected chi connectivity index (χ0v) is 17.8. The molecular formula is C21H24N4OS2. The van der Waals surface area contributed by atoms with Gasteiger partial charge in [-0.3, -0.25) is 4.79 Å². The second kappa shape index (κ2) is 9.71. The third-order valence-corrected chi connectivity index (χ3v) is 6.46. The molecule has 1 heterocycles. The Labute approximate surface area is 174 Å². The van der Waals surface area contributed by atoms with Gasteiger partial charge >= 0.3 is 0 Å². The summed E-state index contributed by atoms with van der Waals surface area (Å²) in [6, 6.07) is 17.8. The first-order valence-corrected chi connectivity index (χ1v) is 11.0. The van der Waals surface area contributed by atoms with Crippen LogP contribution in [0.1, 0.15) is 38.7 Å². The molecule has 0 aliphatic carbocycles. The number of rotatable bonds is 8. The summed E-state index contributed by atoms with van der Waals surface area (Å²) in [5.41, 5.74) is 3.02. The molecule has 1 aromatic heterocycles. The summed E-state index contributed by atoms with van der Waals surface area (Å²) < 4.78 is 0.760. The van der Waals surface area contributed by atoms with Crippen LogP contribution in [0.2, 0.25) is 0 Å². The predicted molar refractivity (Wildman–Crippen MR) is 119 cm³/mol. The molecule has 0 aliphatic heterocycles. The number of hydrogen-bond donors (Lipinski definition) is 2. The van der Waals surface area contributed by atoms with Crippen LogP contribution in [-0.4, -0.2) is 21.4 Å². The van der Waals surface area contributed by atoms with Crippen molar-refractivity contribution in [1.29, 1.82) is 0 Å². The summed E-state index contributed by atoms with van der Waals surface area (Å²) in [5, 5.41) is 15.1. The zero-order valence-electron chi connectivity index (χ0n) is 16.2. The Morgan fingerprint density at radius 1 is 1.07 bits per heavy atom. The maximum absolute atomic E-state index is 12.7. The smallest absolute Gasteiger partial charge is 0.237 e. The molecule has 0 saturated carbocycles. The minimum atomic E-state index is -0.275. The Morgan fingerprint density at radius 2 is 1.79 bits per heavy atom. The Kier molecular flexibility index (Phi) is 7.06. The van der Waals surface area contributed by atoms with E-state index in [4.69, 9.17) is 0 Å². The number of para-hydroxylation sites is 2. The Balaban J connectivity index is 1.61. The standard InChI is InChI=1S/C21H24N4OS2/c1-4-14(2)17-12-8-9-13-18(17)23-19(26)15(3)27-21-25-24-20(28-21)22-16-10-6-5-7-11-16/h5-15H,4H2,1-3H3,(H,22,24)(H,23,26). The molecule has 2 atom stereocenters. The lowest BCUT2D eigenvalue weighted by Gasteiger charge is -2.17. The van der Waals surface area contributed by atoms with Crippen LogP contribution in [-0.2, 0) is 4.79 Å². The fourth-order valence-electron chi connectivity index (χ4n) is 2.65. The number of benzene rings is 2. The zero-order chi connectivity index (χ0) is 19.9. The van der Waals surface area contributed by atoms with Gasteiger partial charge in [-0.2, -0.15) is 0 Å². The van der Waals surface area contributed by atoms with E-state index in [0.29, 0.717) is 11.0 Å². The number of aromatic nitrogens is 2. The number of anilines is 3. The van der Waals surface area contributed by atoms with Crippen LogP contribution in [0.3, 0.4) is 0 Å². The van der Waals surface area contributed by atoms with E-state index >= 15 is 0 Å². The van der Waals surface area contributed by atoms with Gasteiger partial charge in [0, 0.05) is 11.4 Å². The molecule has 3 rings (SSSR count). The fourth-order valence-corrected chi connectivity index (χ4v) is 4.57. The third-order valence-electron chi connectivity index (χ3n) is 4.44. The Hall–Kier alpha value is -2.38. The molecule has 28 heavy (non-hydrogen) atoms. The molecule has 146 valence electrons. The lowest BCUT2D eigenvalue weighted by Crippen LogP contribution is -2.23. The van der Waals surface area contributed by atoms with Crippen LogP contribution in [0.4, 0.5) is 16.5 Å². The number of carbonyl (C=O) groups is 1. The molecule has 5 nitrogen and oxygen atoms in total. The molecule has 0 saturated heterocycles. The number of nitrogens with zero attached hydrogens (tertiary/aromatic N) is 2. The normalized spacial score (nSPS) is 13.0. The number of thioether (sulfide) groups is 1. The Bertz CT molecular complexity index is 914. The highest BCUT2D eigenvalue weighted by Gasteiger charge is 2.19. The van der Waals surface area contributed by atoms with E-state index in [1.807, 2.05) is 55.5 Å². The molecule has 0 bridgehead atoms. The molecule has 0 radical (unpaired) electrons. The highest BCUT2D eigenvalue weighted by atomic mass is 32.2. The van der Waals surface area contributed by atoms with Crippen molar-refractivity contribution >= 4 is 45.5 Å². The number of hydrogen-bond acceptors (Lipinski definition) is 6. The quantitative estimate of drug-likeness (QED) is 0.450. The monoisotopic (exact) mass is 412 g/mol. The van der Waals surface area contributed by atoms with Gasteiger partial charge in [-0.25, -0.2) is 0 Å². The van der Waals surface area contributed by atoms with Gasteiger partial charge in [0.05, 0.1) is 5.25 Å². The molecule has 7 heteroatoms. The van der Waals surface area contributed by atoms with E-state index in [-0.39, 0.29) is 11.2 Å². The van der Waals surface area contributed by atoms with Crippen molar-refractivity contribution in [2.24, 2.45) is 0 Å². The maximum Gasteiger partial charge on any atom is 0.237 e. The van der Waals surface area contributed by atoms with Crippen LogP contribution < -0.4 is 10.6 Å². The van der Waals surface area contributed by atoms with E-state index in [1.165, 1.54) is 28.7 Å². The molecule has 0 spiro atoms. The predicted octanol–water partition coefficient (Wildman–Crippen LogP) is 5.91. The highest BCUT2D eigenvalue weighted by molar-refractivity contribution is 8.02. The van der Waals surface area contributed by atoms with Gasteiger partial charge in [0.2, 0.25) is 11.0 Å². The largest absolute Gasteiger partial charge is 0.330 e. The van der Waals surface area contributed by atoms with Crippen LogP contribution in [0.15, 0.2) is 58.9 Å². The SMILES string of the molecule is CCC(C)c1ccccc1NC(=O)C(C)Sc1nnc(Nc2ccccc2)s1.